The van der Waals surface area contributed by atoms with E-state index in [0.717, 1.165) is 25.3 Å². The summed E-state index contributed by atoms with van der Waals surface area (Å²) in [7, 11) is 0. The van der Waals surface area contributed by atoms with E-state index in [9.17, 15) is 0 Å². The molecule has 1 fully saturated rings. The van der Waals surface area contributed by atoms with E-state index >= 15 is 0 Å². The molecule has 1 N–H and O–H groups in total. The molecule has 1 atom stereocenters. The third-order valence-electron chi connectivity index (χ3n) is 2.47. The van der Waals surface area contributed by atoms with Gasteiger partial charge in [0.15, 0.2) is 5.82 Å². The third kappa shape index (κ3) is 1.92. The first-order valence-corrected chi connectivity index (χ1v) is 5.27. The number of aromatic nitrogens is 4. The zero-order chi connectivity index (χ0) is 9.97. The van der Waals surface area contributed by atoms with E-state index in [-0.39, 0.29) is 0 Å². The second kappa shape index (κ2) is 4.04. The molecule has 1 aliphatic rings. The monoisotopic (exact) mass is 195 g/mol. The lowest BCUT2D eigenvalue weighted by molar-refractivity contribution is 0.437. The van der Waals surface area contributed by atoms with Gasteiger partial charge in [0, 0.05) is 6.54 Å². The second-order valence-corrected chi connectivity index (χ2v) is 4.26. The second-order valence-electron chi connectivity index (χ2n) is 4.26. The van der Waals surface area contributed by atoms with Crippen molar-refractivity contribution in [2.45, 2.75) is 39.3 Å². The fourth-order valence-corrected chi connectivity index (χ4v) is 1.84. The van der Waals surface area contributed by atoms with Crippen LogP contribution >= 0.6 is 0 Å². The molecular weight excluding hydrogens is 178 g/mol. The molecule has 5 nitrogen and oxygen atoms in total. The average Bonchev–Trinajstić information content (AvgIpc) is 2.70. The van der Waals surface area contributed by atoms with Gasteiger partial charge >= 0.3 is 0 Å². The minimum atomic E-state index is 0.365. The minimum absolute atomic E-state index is 0.365. The molecule has 1 saturated heterocycles. The molecule has 0 aromatic carbocycles. The molecule has 1 aliphatic heterocycles. The summed E-state index contributed by atoms with van der Waals surface area (Å²) in [5, 5.41) is 15.3. The molecule has 14 heavy (non-hydrogen) atoms. The van der Waals surface area contributed by atoms with Crippen molar-refractivity contribution in [3.8, 4) is 0 Å². The highest BCUT2D eigenvalue weighted by atomic mass is 15.5. The van der Waals surface area contributed by atoms with E-state index in [1.165, 1.54) is 6.42 Å². The summed E-state index contributed by atoms with van der Waals surface area (Å²) in [5.74, 6) is 1.58. The van der Waals surface area contributed by atoms with E-state index < -0.39 is 0 Å². The summed E-state index contributed by atoms with van der Waals surface area (Å²) in [6.07, 6.45) is 2.37. The van der Waals surface area contributed by atoms with Gasteiger partial charge in [-0.15, -0.1) is 5.10 Å². The summed E-state index contributed by atoms with van der Waals surface area (Å²) in [6, 6.07) is 0.365. The number of rotatable bonds is 3. The number of tetrazole rings is 1. The van der Waals surface area contributed by atoms with Crippen molar-refractivity contribution in [1.82, 2.24) is 25.5 Å². The van der Waals surface area contributed by atoms with Crippen LogP contribution in [-0.2, 0) is 6.54 Å². The van der Waals surface area contributed by atoms with E-state index in [0.29, 0.717) is 12.0 Å². The molecule has 0 spiro atoms. The van der Waals surface area contributed by atoms with Gasteiger partial charge in [-0.3, -0.25) is 0 Å². The van der Waals surface area contributed by atoms with Crippen molar-refractivity contribution in [3.05, 3.63) is 5.82 Å². The molecule has 78 valence electrons. The van der Waals surface area contributed by atoms with Gasteiger partial charge in [0.05, 0.1) is 6.04 Å². The standard InChI is InChI=1S/C9H17N5/c1-7(2)6-14-9(11-12-13-14)8-4-3-5-10-8/h7-8,10H,3-6H2,1-2H3. The largest absolute Gasteiger partial charge is 0.307 e. The maximum Gasteiger partial charge on any atom is 0.168 e. The average molecular weight is 195 g/mol. The van der Waals surface area contributed by atoms with Crippen molar-refractivity contribution in [3.63, 3.8) is 0 Å². The number of nitrogens with zero attached hydrogens (tertiary/aromatic N) is 4. The quantitative estimate of drug-likeness (QED) is 0.773. The lowest BCUT2D eigenvalue weighted by Crippen LogP contribution is -2.20. The first kappa shape index (κ1) is 9.58. The van der Waals surface area contributed by atoms with Crippen molar-refractivity contribution < 1.29 is 0 Å². The maximum absolute atomic E-state index is 4.09. The first-order valence-electron chi connectivity index (χ1n) is 5.27. The summed E-state index contributed by atoms with van der Waals surface area (Å²) in [5.41, 5.74) is 0. The highest BCUT2D eigenvalue weighted by molar-refractivity contribution is 4.95. The molecule has 0 radical (unpaired) electrons. The molecule has 0 aliphatic carbocycles. The molecule has 5 heteroatoms. The van der Waals surface area contributed by atoms with Crippen molar-refractivity contribution in [1.29, 1.82) is 0 Å². The van der Waals surface area contributed by atoms with Crippen LogP contribution in [0.2, 0.25) is 0 Å². The number of nitrogens with one attached hydrogen (secondary N) is 1. The Morgan fingerprint density at radius 3 is 3.07 bits per heavy atom. The Balaban J connectivity index is 2.12. The lowest BCUT2D eigenvalue weighted by atomic mass is 10.2. The van der Waals surface area contributed by atoms with Crippen LogP contribution in [0.5, 0.6) is 0 Å². The van der Waals surface area contributed by atoms with Crippen LogP contribution in [0.25, 0.3) is 0 Å². The van der Waals surface area contributed by atoms with Gasteiger partial charge in [0.1, 0.15) is 0 Å². The van der Waals surface area contributed by atoms with E-state index in [4.69, 9.17) is 0 Å². The predicted octanol–water partition coefficient (Wildman–Crippen LogP) is 0.754. The Hall–Kier alpha value is -0.970. The smallest absolute Gasteiger partial charge is 0.168 e. The van der Waals surface area contributed by atoms with Crippen LogP contribution in [0.3, 0.4) is 0 Å². The molecular formula is C9H17N5. The molecule has 0 saturated carbocycles. The molecule has 1 aromatic heterocycles. The predicted molar refractivity (Wildman–Crippen MR) is 52.6 cm³/mol. The Kier molecular flexibility index (Phi) is 2.77. The Morgan fingerprint density at radius 1 is 1.57 bits per heavy atom. The van der Waals surface area contributed by atoms with Gasteiger partial charge in [-0.1, -0.05) is 13.8 Å². The van der Waals surface area contributed by atoms with Gasteiger partial charge in [-0.2, -0.15) is 0 Å². The zero-order valence-corrected chi connectivity index (χ0v) is 8.77. The van der Waals surface area contributed by atoms with Crippen molar-refractivity contribution in [2.24, 2.45) is 5.92 Å². The van der Waals surface area contributed by atoms with Gasteiger partial charge < -0.3 is 5.32 Å². The van der Waals surface area contributed by atoms with Crippen LogP contribution in [0.1, 0.15) is 38.6 Å². The number of hydrogen-bond donors (Lipinski definition) is 1. The summed E-state index contributed by atoms with van der Waals surface area (Å²) >= 11 is 0. The summed E-state index contributed by atoms with van der Waals surface area (Å²) in [6.45, 7) is 6.33. The molecule has 1 unspecified atom stereocenters. The Labute approximate surface area is 83.9 Å². The van der Waals surface area contributed by atoms with Crippen molar-refractivity contribution in [2.75, 3.05) is 6.54 Å². The number of hydrogen-bond acceptors (Lipinski definition) is 4. The molecule has 0 bridgehead atoms. The highest BCUT2D eigenvalue weighted by Crippen LogP contribution is 2.20. The molecule has 2 heterocycles. The third-order valence-corrected chi connectivity index (χ3v) is 2.47. The van der Waals surface area contributed by atoms with Crippen LogP contribution in [0.15, 0.2) is 0 Å². The fourth-order valence-electron chi connectivity index (χ4n) is 1.84. The zero-order valence-electron chi connectivity index (χ0n) is 8.77. The van der Waals surface area contributed by atoms with Crippen LogP contribution < -0.4 is 5.32 Å². The Morgan fingerprint density at radius 2 is 2.43 bits per heavy atom. The normalized spacial score (nSPS) is 22.1. The summed E-state index contributed by atoms with van der Waals surface area (Å²) in [4.78, 5) is 0. The SMILES string of the molecule is CC(C)Cn1nnnc1C1CCCN1. The fraction of sp³-hybridized carbons (Fsp3) is 0.889. The van der Waals surface area contributed by atoms with Gasteiger partial charge in [-0.25, -0.2) is 4.68 Å². The van der Waals surface area contributed by atoms with Crippen LogP contribution in [0.4, 0.5) is 0 Å². The van der Waals surface area contributed by atoms with Crippen LogP contribution in [-0.4, -0.2) is 26.8 Å². The Bertz CT molecular complexity index is 287. The summed E-state index contributed by atoms with van der Waals surface area (Å²) < 4.78 is 1.92. The highest BCUT2D eigenvalue weighted by Gasteiger charge is 2.22. The van der Waals surface area contributed by atoms with Gasteiger partial charge in [-0.05, 0) is 35.7 Å². The molecule has 2 rings (SSSR count). The van der Waals surface area contributed by atoms with E-state index in [2.05, 4.69) is 34.7 Å². The van der Waals surface area contributed by atoms with E-state index in [1.807, 2.05) is 4.68 Å². The van der Waals surface area contributed by atoms with Crippen LogP contribution in [0, 0.1) is 5.92 Å². The van der Waals surface area contributed by atoms with E-state index in [1.54, 1.807) is 0 Å². The first-order chi connectivity index (χ1) is 6.77. The lowest BCUT2D eigenvalue weighted by Gasteiger charge is -2.11. The topological polar surface area (TPSA) is 55.6 Å². The molecule has 1 aromatic rings. The van der Waals surface area contributed by atoms with Crippen molar-refractivity contribution >= 4 is 0 Å². The van der Waals surface area contributed by atoms with Gasteiger partial charge in [0.25, 0.3) is 0 Å². The maximum atomic E-state index is 4.09. The minimum Gasteiger partial charge on any atom is -0.307 e. The molecule has 0 amide bonds. The van der Waals surface area contributed by atoms with Gasteiger partial charge in [0.2, 0.25) is 0 Å².